The van der Waals surface area contributed by atoms with Gasteiger partial charge in [-0.1, -0.05) is 30.3 Å². The number of para-hydroxylation sites is 1. The summed E-state index contributed by atoms with van der Waals surface area (Å²) in [5, 5.41) is 14.0. The Morgan fingerprint density at radius 2 is 1.78 bits per heavy atom. The highest BCUT2D eigenvalue weighted by Gasteiger charge is 2.27. The number of ether oxygens (including phenoxy) is 2. The van der Waals surface area contributed by atoms with Crippen LogP contribution in [0.25, 0.3) is 0 Å². The second-order valence-corrected chi connectivity index (χ2v) is 7.53. The number of nitrogens with zero attached hydrogens (tertiary/aromatic N) is 1. The predicted molar refractivity (Wildman–Crippen MR) is 123 cm³/mol. The minimum Gasteiger partial charge on any atom is -0.508 e. The standard InChI is InChI=1S/C26H26N2O4/c1-3-32-20-14-12-17(13-15-20)22-16-23(21-6-4-5-7-24(21)29)28-25(27-22)18-8-10-19(11-9-18)26(30)31-2/h4-15,23,25,28-29H,3,16H2,1-2H3/t23-,25+/m1/s1. The Balaban J connectivity index is 1.69. The number of hydrogen-bond acceptors (Lipinski definition) is 6. The van der Waals surface area contributed by atoms with Crippen molar-refractivity contribution in [3.63, 3.8) is 0 Å². The average Bonchev–Trinajstić information content (AvgIpc) is 2.84. The molecule has 0 aliphatic carbocycles. The maximum absolute atomic E-state index is 11.8. The van der Waals surface area contributed by atoms with Crippen LogP contribution in [-0.4, -0.2) is 30.5 Å². The van der Waals surface area contributed by atoms with Gasteiger partial charge in [0.15, 0.2) is 0 Å². The first-order valence-corrected chi connectivity index (χ1v) is 10.6. The van der Waals surface area contributed by atoms with Crippen molar-refractivity contribution >= 4 is 11.7 Å². The van der Waals surface area contributed by atoms with Crippen LogP contribution < -0.4 is 10.1 Å². The number of rotatable bonds is 6. The van der Waals surface area contributed by atoms with Crippen molar-refractivity contribution in [1.82, 2.24) is 5.32 Å². The third kappa shape index (κ3) is 4.65. The van der Waals surface area contributed by atoms with Crippen LogP contribution in [0.2, 0.25) is 0 Å². The molecule has 0 unspecified atom stereocenters. The largest absolute Gasteiger partial charge is 0.508 e. The number of nitrogens with one attached hydrogen (secondary N) is 1. The van der Waals surface area contributed by atoms with Crippen LogP contribution in [-0.2, 0) is 4.74 Å². The number of methoxy groups -OCH3 is 1. The third-order valence-corrected chi connectivity index (χ3v) is 5.50. The van der Waals surface area contributed by atoms with E-state index in [1.165, 1.54) is 7.11 Å². The highest BCUT2D eigenvalue weighted by molar-refractivity contribution is 6.01. The van der Waals surface area contributed by atoms with Crippen LogP contribution in [0.1, 0.15) is 52.6 Å². The van der Waals surface area contributed by atoms with E-state index in [-0.39, 0.29) is 23.9 Å². The van der Waals surface area contributed by atoms with E-state index < -0.39 is 0 Å². The van der Waals surface area contributed by atoms with E-state index in [0.29, 0.717) is 18.6 Å². The molecule has 2 atom stereocenters. The molecule has 0 spiro atoms. The lowest BCUT2D eigenvalue weighted by molar-refractivity contribution is 0.0600. The fourth-order valence-corrected chi connectivity index (χ4v) is 3.86. The Bertz CT molecular complexity index is 1110. The summed E-state index contributed by atoms with van der Waals surface area (Å²) in [6, 6.07) is 22.3. The molecule has 2 N–H and O–H groups in total. The van der Waals surface area contributed by atoms with E-state index in [2.05, 4.69) is 5.32 Å². The number of carbonyl (C=O) groups is 1. The molecular weight excluding hydrogens is 404 g/mol. The zero-order chi connectivity index (χ0) is 22.5. The number of benzene rings is 3. The van der Waals surface area contributed by atoms with E-state index in [9.17, 15) is 9.90 Å². The topological polar surface area (TPSA) is 80.2 Å². The Kier molecular flexibility index (Phi) is 6.52. The summed E-state index contributed by atoms with van der Waals surface area (Å²) in [5.74, 6) is 0.689. The van der Waals surface area contributed by atoms with Crippen LogP contribution in [0.3, 0.4) is 0 Å². The Hall–Kier alpha value is -3.64. The number of phenolic OH excluding ortho intramolecular Hbond substituents is 1. The normalized spacial score (nSPS) is 18.0. The summed E-state index contributed by atoms with van der Waals surface area (Å²) < 4.78 is 10.4. The second kappa shape index (κ2) is 9.66. The highest BCUT2D eigenvalue weighted by Crippen LogP contribution is 2.34. The molecule has 1 aliphatic heterocycles. The van der Waals surface area contributed by atoms with E-state index in [4.69, 9.17) is 14.5 Å². The van der Waals surface area contributed by atoms with Gasteiger partial charge in [0.05, 0.1) is 19.3 Å². The van der Waals surface area contributed by atoms with Gasteiger partial charge in [-0.15, -0.1) is 0 Å². The molecule has 0 bridgehead atoms. The summed E-state index contributed by atoms with van der Waals surface area (Å²) in [7, 11) is 1.36. The van der Waals surface area contributed by atoms with Crippen LogP contribution in [0.15, 0.2) is 77.8 Å². The van der Waals surface area contributed by atoms with Crippen LogP contribution >= 0.6 is 0 Å². The van der Waals surface area contributed by atoms with Crippen LogP contribution in [0.5, 0.6) is 11.5 Å². The maximum atomic E-state index is 11.8. The monoisotopic (exact) mass is 430 g/mol. The van der Waals surface area contributed by atoms with Gasteiger partial charge < -0.3 is 14.6 Å². The van der Waals surface area contributed by atoms with E-state index in [0.717, 1.165) is 28.2 Å². The first-order chi connectivity index (χ1) is 15.6. The SMILES string of the molecule is CCOc1ccc(C2=N[C@H](c3ccc(C(=O)OC)cc3)N[C@@H](c3ccccc3O)C2)cc1. The molecule has 0 saturated carbocycles. The molecular formula is C26H26N2O4. The summed E-state index contributed by atoms with van der Waals surface area (Å²) in [6.07, 6.45) is 0.295. The Labute approximate surface area is 187 Å². The fraction of sp³-hybridized carbons (Fsp3) is 0.231. The minimum absolute atomic E-state index is 0.124. The number of hydrogen-bond donors (Lipinski definition) is 2. The van der Waals surface area contributed by atoms with Crippen molar-refractivity contribution in [2.75, 3.05) is 13.7 Å². The smallest absolute Gasteiger partial charge is 0.337 e. The molecule has 0 amide bonds. The number of phenols is 1. The van der Waals surface area contributed by atoms with Crippen molar-refractivity contribution in [1.29, 1.82) is 0 Å². The van der Waals surface area contributed by atoms with Gasteiger partial charge in [-0.25, -0.2) is 4.79 Å². The lowest BCUT2D eigenvalue weighted by Crippen LogP contribution is -2.33. The summed E-state index contributed by atoms with van der Waals surface area (Å²) in [4.78, 5) is 16.7. The quantitative estimate of drug-likeness (QED) is 0.549. The third-order valence-electron chi connectivity index (χ3n) is 5.50. The lowest BCUT2D eigenvalue weighted by Gasteiger charge is -2.31. The number of aliphatic imine (C=N–C) groups is 1. The van der Waals surface area contributed by atoms with Gasteiger partial charge in [-0.2, -0.15) is 0 Å². The molecule has 4 rings (SSSR count). The van der Waals surface area contributed by atoms with Gasteiger partial charge in [0.2, 0.25) is 0 Å². The van der Waals surface area contributed by atoms with E-state index in [1.54, 1.807) is 18.2 Å². The molecule has 3 aromatic rings. The predicted octanol–water partition coefficient (Wildman–Crippen LogP) is 4.80. The van der Waals surface area contributed by atoms with Crippen LogP contribution in [0, 0.1) is 0 Å². The summed E-state index contributed by atoms with van der Waals surface area (Å²) in [5.41, 5.74) is 4.16. The molecule has 32 heavy (non-hydrogen) atoms. The number of esters is 1. The molecule has 6 nitrogen and oxygen atoms in total. The van der Waals surface area contributed by atoms with Crippen molar-refractivity contribution in [2.24, 2.45) is 4.99 Å². The van der Waals surface area contributed by atoms with Gasteiger partial charge in [0.25, 0.3) is 0 Å². The molecule has 0 radical (unpaired) electrons. The molecule has 0 fully saturated rings. The van der Waals surface area contributed by atoms with E-state index in [1.807, 2.05) is 61.5 Å². The van der Waals surface area contributed by atoms with Crippen LogP contribution in [0.4, 0.5) is 0 Å². The van der Waals surface area contributed by atoms with Gasteiger partial charge in [-0.3, -0.25) is 10.3 Å². The lowest BCUT2D eigenvalue weighted by atomic mass is 9.93. The molecule has 3 aromatic carbocycles. The highest BCUT2D eigenvalue weighted by atomic mass is 16.5. The molecule has 0 saturated heterocycles. The van der Waals surface area contributed by atoms with Crippen molar-refractivity contribution < 1.29 is 19.4 Å². The Morgan fingerprint density at radius 3 is 2.44 bits per heavy atom. The van der Waals surface area contributed by atoms with Gasteiger partial charge in [0, 0.05) is 23.7 Å². The van der Waals surface area contributed by atoms with Gasteiger partial charge >= 0.3 is 5.97 Å². The zero-order valence-electron chi connectivity index (χ0n) is 18.1. The maximum Gasteiger partial charge on any atom is 0.337 e. The van der Waals surface area contributed by atoms with Crippen molar-refractivity contribution in [3.05, 3.63) is 95.1 Å². The minimum atomic E-state index is -0.376. The Morgan fingerprint density at radius 1 is 1.06 bits per heavy atom. The molecule has 0 aromatic heterocycles. The number of aromatic hydroxyl groups is 1. The van der Waals surface area contributed by atoms with Gasteiger partial charge in [0.1, 0.15) is 17.7 Å². The van der Waals surface area contributed by atoms with Gasteiger partial charge in [-0.05, 0) is 60.5 Å². The molecule has 6 heteroatoms. The van der Waals surface area contributed by atoms with Crippen molar-refractivity contribution in [3.8, 4) is 11.5 Å². The fourth-order valence-electron chi connectivity index (χ4n) is 3.86. The average molecular weight is 431 g/mol. The first-order valence-electron chi connectivity index (χ1n) is 10.6. The molecule has 164 valence electrons. The van der Waals surface area contributed by atoms with Crippen molar-refractivity contribution in [2.45, 2.75) is 25.6 Å². The summed E-state index contributed by atoms with van der Waals surface area (Å²) >= 11 is 0. The molecule has 1 heterocycles. The first kappa shape index (κ1) is 21.6. The zero-order valence-corrected chi connectivity index (χ0v) is 18.1. The molecule has 1 aliphatic rings. The van der Waals surface area contributed by atoms with E-state index >= 15 is 0 Å². The summed E-state index contributed by atoms with van der Waals surface area (Å²) in [6.45, 7) is 2.57. The number of carbonyl (C=O) groups excluding carboxylic acids is 1. The second-order valence-electron chi connectivity index (χ2n) is 7.53.